The Morgan fingerprint density at radius 3 is 2.72 bits per heavy atom. The van der Waals surface area contributed by atoms with Crippen LogP contribution in [0.1, 0.15) is 26.7 Å². The van der Waals surface area contributed by atoms with Crippen molar-refractivity contribution in [3.63, 3.8) is 0 Å². The summed E-state index contributed by atoms with van der Waals surface area (Å²) in [6, 6.07) is 10.9. The number of pyridine rings is 1. The lowest BCUT2D eigenvalue weighted by Crippen LogP contribution is -2.41. The van der Waals surface area contributed by atoms with Crippen molar-refractivity contribution in [2.45, 2.75) is 6.92 Å². The molecule has 1 N–H and O–H groups in total. The fourth-order valence-corrected chi connectivity index (χ4v) is 3.36. The average Bonchev–Trinajstić information content (AvgIpc) is 3.14. The molecule has 0 bridgehead atoms. The zero-order valence-electron chi connectivity index (χ0n) is 16.3. The van der Waals surface area contributed by atoms with Crippen LogP contribution in [0.25, 0.3) is 5.52 Å². The number of benzene rings is 1. The van der Waals surface area contributed by atoms with E-state index >= 15 is 0 Å². The molecular formula is C21H22N4O4. The number of nitrogens with one attached hydrogen (secondary N) is 1. The van der Waals surface area contributed by atoms with Gasteiger partial charge in [-0.1, -0.05) is 12.1 Å². The number of hydrogen-bond acceptors (Lipinski definition) is 5. The Bertz CT molecular complexity index is 1070. The minimum Gasteiger partial charge on any atom is -0.495 e. The summed E-state index contributed by atoms with van der Waals surface area (Å²) in [5.74, 6) is 0.140. The van der Waals surface area contributed by atoms with Gasteiger partial charge in [0.15, 0.2) is 5.69 Å². The smallest absolute Gasteiger partial charge is 0.290 e. The predicted molar refractivity (Wildman–Crippen MR) is 108 cm³/mol. The number of aryl methyl sites for hydroxylation is 1. The van der Waals surface area contributed by atoms with Crippen LogP contribution in [0.2, 0.25) is 0 Å². The minimum absolute atomic E-state index is 0.186. The Kier molecular flexibility index (Phi) is 5.18. The van der Waals surface area contributed by atoms with Crippen LogP contribution in [-0.4, -0.2) is 59.5 Å². The van der Waals surface area contributed by atoms with E-state index in [1.54, 1.807) is 40.8 Å². The number of rotatable bonds is 4. The summed E-state index contributed by atoms with van der Waals surface area (Å²) in [6.45, 7) is 3.93. The van der Waals surface area contributed by atoms with Crippen molar-refractivity contribution in [1.82, 2.24) is 14.3 Å². The van der Waals surface area contributed by atoms with Crippen molar-refractivity contribution in [3.8, 4) is 5.75 Å². The molecule has 3 heterocycles. The quantitative estimate of drug-likeness (QED) is 0.734. The van der Waals surface area contributed by atoms with Crippen LogP contribution in [0, 0.1) is 6.92 Å². The average molecular weight is 394 g/mol. The molecule has 2 amide bonds. The molecule has 1 aliphatic heterocycles. The van der Waals surface area contributed by atoms with E-state index < -0.39 is 5.91 Å². The maximum absolute atomic E-state index is 13.0. The van der Waals surface area contributed by atoms with Gasteiger partial charge < -0.3 is 19.7 Å². The zero-order chi connectivity index (χ0) is 20.4. The number of aromatic nitrogens is 2. The molecule has 1 aromatic carbocycles. The fraction of sp³-hybridized carbons (Fsp3) is 0.286. The summed E-state index contributed by atoms with van der Waals surface area (Å²) < 4.78 is 12.3. The molecule has 0 spiro atoms. The lowest BCUT2D eigenvalue weighted by molar-refractivity contribution is 0.0294. The largest absolute Gasteiger partial charge is 0.495 e. The Morgan fingerprint density at radius 1 is 1.17 bits per heavy atom. The van der Waals surface area contributed by atoms with Crippen LogP contribution in [-0.2, 0) is 4.74 Å². The van der Waals surface area contributed by atoms with E-state index in [9.17, 15) is 9.59 Å². The van der Waals surface area contributed by atoms with Gasteiger partial charge in [-0.2, -0.15) is 0 Å². The van der Waals surface area contributed by atoms with Gasteiger partial charge in [-0.05, 0) is 36.8 Å². The third kappa shape index (κ3) is 3.66. The van der Waals surface area contributed by atoms with Crippen LogP contribution in [0.5, 0.6) is 5.75 Å². The number of methoxy groups -OCH3 is 1. The van der Waals surface area contributed by atoms with Crippen LogP contribution in [0.4, 0.5) is 5.69 Å². The molecule has 4 rings (SSSR count). The molecule has 1 fully saturated rings. The number of morpholine rings is 1. The lowest BCUT2D eigenvalue weighted by atomic mass is 10.2. The van der Waals surface area contributed by atoms with Gasteiger partial charge in [-0.25, -0.2) is 4.98 Å². The van der Waals surface area contributed by atoms with Gasteiger partial charge in [-0.3, -0.25) is 14.0 Å². The number of carbonyl (C=O) groups is 2. The van der Waals surface area contributed by atoms with E-state index in [2.05, 4.69) is 10.3 Å². The first-order valence-electron chi connectivity index (χ1n) is 9.38. The van der Waals surface area contributed by atoms with Gasteiger partial charge in [-0.15, -0.1) is 0 Å². The highest BCUT2D eigenvalue weighted by Crippen LogP contribution is 2.26. The Morgan fingerprint density at radius 2 is 1.97 bits per heavy atom. The Labute approximate surface area is 168 Å². The summed E-state index contributed by atoms with van der Waals surface area (Å²) >= 11 is 0. The molecule has 1 aliphatic rings. The fourth-order valence-electron chi connectivity index (χ4n) is 3.36. The maximum Gasteiger partial charge on any atom is 0.290 e. The Hall–Kier alpha value is -3.39. The first-order chi connectivity index (χ1) is 14.1. The van der Waals surface area contributed by atoms with Gasteiger partial charge in [0.1, 0.15) is 5.75 Å². The molecule has 0 aliphatic carbocycles. The molecule has 3 aromatic rings. The normalized spacial score (nSPS) is 14.1. The molecule has 8 heteroatoms. The summed E-state index contributed by atoms with van der Waals surface area (Å²) in [4.78, 5) is 32.1. The topological polar surface area (TPSA) is 85.2 Å². The number of imidazole rings is 1. The summed E-state index contributed by atoms with van der Waals surface area (Å²) in [5.41, 5.74) is 2.29. The molecule has 0 unspecified atom stereocenters. The molecule has 150 valence electrons. The number of amides is 2. The van der Waals surface area contributed by atoms with Crippen molar-refractivity contribution in [3.05, 3.63) is 59.7 Å². The standard InChI is InChI=1S/C21H22N4O4/c1-14-6-7-17(28-2)15(13-14)22-20(26)18-16-5-3-4-8-25(16)19(23-18)21(27)24-9-11-29-12-10-24/h3-8,13H,9-12H2,1-2H3,(H,22,26). The second kappa shape index (κ2) is 7.92. The minimum atomic E-state index is -0.404. The molecule has 1 saturated heterocycles. The number of fused-ring (bicyclic) bond motifs is 1. The van der Waals surface area contributed by atoms with Crippen molar-refractivity contribution < 1.29 is 19.1 Å². The van der Waals surface area contributed by atoms with Gasteiger partial charge in [0, 0.05) is 19.3 Å². The number of nitrogens with zero attached hydrogens (tertiary/aromatic N) is 3. The van der Waals surface area contributed by atoms with Crippen LogP contribution in [0.15, 0.2) is 42.6 Å². The molecule has 8 nitrogen and oxygen atoms in total. The summed E-state index contributed by atoms with van der Waals surface area (Å²) in [5, 5.41) is 2.86. The number of ether oxygens (including phenoxy) is 2. The van der Waals surface area contributed by atoms with Crippen molar-refractivity contribution in [2.75, 3.05) is 38.7 Å². The predicted octanol–water partition coefficient (Wildman–Crippen LogP) is 2.38. The number of anilines is 1. The van der Waals surface area contributed by atoms with Gasteiger partial charge in [0.05, 0.1) is 31.5 Å². The van der Waals surface area contributed by atoms with Crippen molar-refractivity contribution in [1.29, 1.82) is 0 Å². The van der Waals surface area contributed by atoms with E-state index in [1.165, 1.54) is 0 Å². The van der Waals surface area contributed by atoms with Crippen molar-refractivity contribution >= 4 is 23.0 Å². The highest BCUT2D eigenvalue weighted by atomic mass is 16.5. The Balaban J connectivity index is 1.70. The van der Waals surface area contributed by atoms with E-state index in [-0.39, 0.29) is 17.4 Å². The van der Waals surface area contributed by atoms with Gasteiger partial charge in [0.2, 0.25) is 5.82 Å². The van der Waals surface area contributed by atoms with Gasteiger partial charge in [0.25, 0.3) is 11.8 Å². The van der Waals surface area contributed by atoms with E-state index in [0.29, 0.717) is 43.3 Å². The lowest BCUT2D eigenvalue weighted by Gasteiger charge is -2.26. The third-order valence-electron chi connectivity index (χ3n) is 4.86. The van der Waals surface area contributed by atoms with E-state index in [4.69, 9.17) is 9.47 Å². The SMILES string of the molecule is COc1ccc(C)cc1NC(=O)c1nc(C(=O)N2CCOCC2)n2ccccc12. The van der Waals surface area contributed by atoms with Crippen LogP contribution < -0.4 is 10.1 Å². The van der Waals surface area contributed by atoms with E-state index in [1.807, 2.05) is 25.1 Å². The summed E-state index contributed by atoms with van der Waals surface area (Å²) in [6.07, 6.45) is 1.74. The molecule has 0 saturated carbocycles. The number of hydrogen-bond donors (Lipinski definition) is 1. The number of carbonyl (C=O) groups excluding carboxylic acids is 2. The molecular weight excluding hydrogens is 372 g/mol. The summed E-state index contributed by atoms with van der Waals surface area (Å²) in [7, 11) is 1.55. The van der Waals surface area contributed by atoms with Crippen LogP contribution >= 0.6 is 0 Å². The first kappa shape index (κ1) is 18.9. The molecule has 0 atom stereocenters. The second-order valence-electron chi connectivity index (χ2n) is 6.80. The molecule has 0 radical (unpaired) electrons. The van der Waals surface area contributed by atoms with E-state index in [0.717, 1.165) is 5.56 Å². The highest BCUT2D eigenvalue weighted by molar-refractivity contribution is 6.09. The molecule has 2 aromatic heterocycles. The maximum atomic E-state index is 13.0. The monoisotopic (exact) mass is 394 g/mol. The second-order valence-corrected chi connectivity index (χ2v) is 6.80. The van der Waals surface area contributed by atoms with Gasteiger partial charge >= 0.3 is 0 Å². The van der Waals surface area contributed by atoms with Crippen LogP contribution in [0.3, 0.4) is 0 Å². The third-order valence-corrected chi connectivity index (χ3v) is 4.86. The van der Waals surface area contributed by atoms with Crippen molar-refractivity contribution in [2.24, 2.45) is 0 Å². The zero-order valence-corrected chi connectivity index (χ0v) is 16.3. The highest BCUT2D eigenvalue weighted by Gasteiger charge is 2.26. The molecule has 29 heavy (non-hydrogen) atoms. The first-order valence-corrected chi connectivity index (χ1v) is 9.38.